The van der Waals surface area contributed by atoms with E-state index in [-0.39, 0.29) is 5.91 Å². The van der Waals surface area contributed by atoms with Crippen LogP contribution in [0.3, 0.4) is 0 Å². The number of nitrogens with one attached hydrogen (secondary N) is 1. The van der Waals surface area contributed by atoms with E-state index in [0.717, 1.165) is 10.4 Å². The molecule has 0 unspecified atom stereocenters. The Hall–Kier alpha value is -2.20. The first-order valence-corrected chi connectivity index (χ1v) is 6.78. The first kappa shape index (κ1) is 13.2. The summed E-state index contributed by atoms with van der Waals surface area (Å²) < 4.78 is 0. The van der Waals surface area contributed by atoms with Gasteiger partial charge < -0.3 is 0 Å². The van der Waals surface area contributed by atoms with E-state index < -0.39 is 0 Å². The smallest absolute Gasteiger partial charge is 0.245 e. The molecule has 96 valence electrons. The Kier molecular flexibility index (Phi) is 5.07. The van der Waals surface area contributed by atoms with Gasteiger partial charge in [0.2, 0.25) is 5.91 Å². The molecule has 4 heteroatoms. The van der Waals surface area contributed by atoms with Crippen LogP contribution in [-0.2, 0) is 11.2 Å². The van der Waals surface area contributed by atoms with E-state index in [4.69, 9.17) is 0 Å². The lowest BCUT2D eigenvalue weighted by atomic mass is 10.2. The van der Waals surface area contributed by atoms with Gasteiger partial charge in [-0.25, -0.2) is 5.43 Å². The van der Waals surface area contributed by atoms with Gasteiger partial charge in [-0.15, -0.1) is 11.3 Å². The summed E-state index contributed by atoms with van der Waals surface area (Å²) in [5, 5.41) is 5.81. The highest BCUT2D eigenvalue weighted by Gasteiger charge is 2.01. The third kappa shape index (κ3) is 4.89. The number of allylic oxidation sites excluding steroid dienone is 1. The van der Waals surface area contributed by atoms with E-state index in [2.05, 4.69) is 10.5 Å². The average Bonchev–Trinajstić information content (AvgIpc) is 2.92. The van der Waals surface area contributed by atoms with Gasteiger partial charge in [0.1, 0.15) is 0 Å². The second kappa shape index (κ2) is 7.28. The molecule has 0 saturated carbocycles. The molecule has 0 atom stereocenters. The molecule has 0 aliphatic carbocycles. The maximum absolute atomic E-state index is 11.5. The number of nitrogens with zero attached hydrogens (tertiary/aromatic N) is 1. The van der Waals surface area contributed by atoms with Gasteiger partial charge in [-0.3, -0.25) is 4.79 Å². The van der Waals surface area contributed by atoms with E-state index in [0.29, 0.717) is 6.42 Å². The molecular weight excluding hydrogens is 256 g/mol. The first-order chi connectivity index (χ1) is 9.34. The fourth-order valence-electron chi connectivity index (χ4n) is 1.48. The van der Waals surface area contributed by atoms with Crippen molar-refractivity contribution < 1.29 is 4.79 Å². The van der Waals surface area contributed by atoms with Gasteiger partial charge in [-0.05, 0) is 23.1 Å². The van der Waals surface area contributed by atoms with Crippen LogP contribution in [-0.4, -0.2) is 12.1 Å². The minimum atomic E-state index is -0.105. The van der Waals surface area contributed by atoms with E-state index in [1.54, 1.807) is 23.6 Å². The largest absolute Gasteiger partial charge is 0.273 e. The molecule has 2 aromatic rings. The number of hydrazone groups is 1. The quantitative estimate of drug-likeness (QED) is 0.658. The Morgan fingerprint density at radius 1 is 1.21 bits per heavy atom. The molecule has 0 saturated heterocycles. The van der Waals surface area contributed by atoms with E-state index in [1.165, 1.54) is 0 Å². The number of amides is 1. The van der Waals surface area contributed by atoms with Gasteiger partial charge >= 0.3 is 0 Å². The Morgan fingerprint density at radius 2 is 2.05 bits per heavy atom. The Morgan fingerprint density at radius 3 is 2.79 bits per heavy atom. The standard InChI is InChI=1S/C15H14N2OS/c18-15(12-14-9-5-11-19-14)17-16-10-4-8-13-6-2-1-3-7-13/h1-11H,12H2,(H,17,18)/b8-4+,16-10?. The first-order valence-electron chi connectivity index (χ1n) is 5.90. The molecular formula is C15H14N2OS. The van der Waals surface area contributed by atoms with E-state index in [9.17, 15) is 4.79 Å². The predicted molar refractivity (Wildman–Crippen MR) is 80.1 cm³/mol. The van der Waals surface area contributed by atoms with Crippen molar-refractivity contribution in [3.05, 3.63) is 64.4 Å². The van der Waals surface area contributed by atoms with Crippen LogP contribution in [0.25, 0.3) is 6.08 Å². The molecule has 3 nitrogen and oxygen atoms in total. The maximum Gasteiger partial charge on any atom is 0.245 e. The molecule has 0 bridgehead atoms. The van der Waals surface area contributed by atoms with Gasteiger partial charge in [0.25, 0.3) is 0 Å². The molecule has 0 aliphatic rings. The Labute approximate surface area is 116 Å². The Balaban J connectivity index is 1.74. The third-order valence-electron chi connectivity index (χ3n) is 2.35. The zero-order chi connectivity index (χ0) is 13.3. The van der Waals surface area contributed by atoms with Crippen molar-refractivity contribution in [2.75, 3.05) is 0 Å². The molecule has 0 spiro atoms. The highest BCUT2D eigenvalue weighted by molar-refractivity contribution is 7.10. The van der Waals surface area contributed by atoms with Crippen molar-refractivity contribution in [1.82, 2.24) is 5.43 Å². The molecule has 0 aliphatic heterocycles. The zero-order valence-electron chi connectivity index (χ0n) is 10.3. The Bertz CT molecular complexity index is 559. The number of carbonyl (C=O) groups excluding carboxylic acids is 1. The van der Waals surface area contributed by atoms with Crippen LogP contribution in [0.15, 0.2) is 59.0 Å². The molecule has 1 aromatic carbocycles. The molecule has 2 rings (SSSR count). The van der Waals surface area contributed by atoms with Gasteiger partial charge in [0.05, 0.1) is 6.42 Å². The number of thiophene rings is 1. The number of carbonyl (C=O) groups is 1. The maximum atomic E-state index is 11.5. The fourth-order valence-corrected chi connectivity index (χ4v) is 2.19. The highest BCUT2D eigenvalue weighted by Crippen LogP contribution is 2.08. The van der Waals surface area contributed by atoms with Gasteiger partial charge in [-0.2, -0.15) is 5.10 Å². The summed E-state index contributed by atoms with van der Waals surface area (Å²) in [5.74, 6) is -0.105. The number of rotatable bonds is 5. The van der Waals surface area contributed by atoms with Crippen LogP contribution in [0.2, 0.25) is 0 Å². The average molecular weight is 270 g/mol. The summed E-state index contributed by atoms with van der Waals surface area (Å²) in [6, 6.07) is 13.8. The van der Waals surface area contributed by atoms with Crippen molar-refractivity contribution >= 4 is 29.5 Å². The second-order valence-electron chi connectivity index (χ2n) is 3.84. The SMILES string of the molecule is O=C(Cc1cccs1)NN=C/C=C/c1ccccc1. The van der Waals surface area contributed by atoms with Crippen molar-refractivity contribution in [3.8, 4) is 0 Å². The second-order valence-corrected chi connectivity index (χ2v) is 4.87. The number of hydrogen-bond donors (Lipinski definition) is 1. The summed E-state index contributed by atoms with van der Waals surface area (Å²) in [5.41, 5.74) is 3.59. The monoisotopic (exact) mass is 270 g/mol. The highest BCUT2D eigenvalue weighted by atomic mass is 32.1. The predicted octanol–water partition coefficient (Wildman–Crippen LogP) is 3.11. The fraction of sp³-hybridized carbons (Fsp3) is 0.0667. The minimum Gasteiger partial charge on any atom is -0.273 e. The zero-order valence-corrected chi connectivity index (χ0v) is 11.1. The van der Waals surface area contributed by atoms with Crippen LogP contribution in [0.5, 0.6) is 0 Å². The summed E-state index contributed by atoms with van der Waals surface area (Å²) in [6.07, 6.45) is 5.66. The number of hydrogen-bond acceptors (Lipinski definition) is 3. The minimum absolute atomic E-state index is 0.105. The lowest BCUT2D eigenvalue weighted by molar-refractivity contribution is -0.120. The number of benzene rings is 1. The molecule has 1 aromatic heterocycles. The summed E-state index contributed by atoms with van der Waals surface area (Å²) in [7, 11) is 0. The molecule has 0 radical (unpaired) electrons. The van der Waals surface area contributed by atoms with Crippen molar-refractivity contribution in [1.29, 1.82) is 0 Å². The summed E-state index contributed by atoms with van der Waals surface area (Å²) in [4.78, 5) is 12.5. The molecule has 1 amide bonds. The lowest BCUT2D eigenvalue weighted by Crippen LogP contribution is -2.18. The third-order valence-corrected chi connectivity index (χ3v) is 3.23. The topological polar surface area (TPSA) is 41.5 Å². The van der Waals surface area contributed by atoms with Crippen molar-refractivity contribution in [3.63, 3.8) is 0 Å². The molecule has 19 heavy (non-hydrogen) atoms. The van der Waals surface area contributed by atoms with Crippen LogP contribution in [0.4, 0.5) is 0 Å². The van der Waals surface area contributed by atoms with Crippen LogP contribution < -0.4 is 5.43 Å². The van der Waals surface area contributed by atoms with Crippen LogP contribution in [0.1, 0.15) is 10.4 Å². The molecule has 1 N–H and O–H groups in total. The van der Waals surface area contributed by atoms with Gasteiger partial charge in [-0.1, -0.05) is 42.5 Å². The summed E-state index contributed by atoms with van der Waals surface area (Å²) >= 11 is 1.57. The normalized spacial score (nSPS) is 11.2. The van der Waals surface area contributed by atoms with Crippen molar-refractivity contribution in [2.45, 2.75) is 6.42 Å². The molecule has 1 heterocycles. The summed E-state index contributed by atoms with van der Waals surface area (Å²) in [6.45, 7) is 0. The molecule has 0 fully saturated rings. The van der Waals surface area contributed by atoms with Gasteiger partial charge in [0.15, 0.2) is 0 Å². The van der Waals surface area contributed by atoms with Crippen LogP contribution in [0, 0.1) is 0 Å². The van der Waals surface area contributed by atoms with Crippen molar-refractivity contribution in [2.24, 2.45) is 5.10 Å². The lowest BCUT2D eigenvalue weighted by Gasteiger charge is -1.95. The van der Waals surface area contributed by atoms with E-state index in [1.807, 2.05) is 53.9 Å². The van der Waals surface area contributed by atoms with Gasteiger partial charge in [0, 0.05) is 11.1 Å². The van der Waals surface area contributed by atoms with E-state index >= 15 is 0 Å². The van der Waals surface area contributed by atoms with Crippen LogP contribution >= 0.6 is 11.3 Å².